The molecule has 0 unspecified atom stereocenters. The second kappa shape index (κ2) is 11.5. The van der Waals surface area contributed by atoms with E-state index in [9.17, 15) is 0 Å². The van der Waals surface area contributed by atoms with Crippen LogP contribution in [0.3, 0.4) is 0 Å². The fraction of sp³-hybridized carbons (Fsp3) is 0. The quantitative estimate of drug-likeness (QED) is 0.182. The summed E-state index contributed by atoms with van der Waals surface area (Å²) in [6, 6.07) is 70.5. The summed E-state index contributed by atoms with van der Waals surface area (Å²) in [5.74, 6) is 0. The van der Waals surface area contributed by atoms with Crippen LogP contribution < -0.4 is 4.90 Å². The van der Waals surface area contributed by atoms with Gasteiger partial charge >= 0.3 is 0 Å². The van der Waals surface area contributed by atoms with Crippen LogP contribution in [0.15, 0.2) is 194 Å². The van der Waals surface area contributed by atoms with Gasteiger partial charge < -0.3 is 9.47 Å². The lowest BCUT2D eigenvalue weighted by Crippen LogP contribution is -2.10. The number of hydrogen-bond acceptors (Lipinski definition) is 1. The summed E-state index contributed by atoms with van der Waals surface area (Å²) in [6.07, 6.45) is 0. The van der Waals surface area contributed by atoms with Gasteiger partial charge in [0.2, 0.25) is 0 Å². The third kappa shape index (κ3) is 4.50. The van der Waals surface area contributed by atoms with Crippen molar-refractivity contribution >= 4 is 71.2 Å². The molecule has 0 N–H and O–H groups in total. The van der Waals surface area contributed by atoms with E-state index in [4.69, 9.17) is 0 Å². The number of anilines is 3. The predicted molar refractivity (Wildman–Crippen MR) is 213 cm³/mol. The molecule has 1 aromatic heterocycles. The first-order valence-corrected chi connectivity index (χ1v) is 17.2. The summed E-state index contributed by atoms with van der Waals surface area (Å²) in [4.78, 5) is 2.42. The number of para-hydroxylation sites is 1. The summed E-state index contributed by atoms with van der Waals surface area (Å²) < 4.78 is 2.44. The number of nitrogens with zero attached hydrogens (tertiary/aromatic N) is 2. The lowest BCUT2D eigenvalue weighted by molar-refractivity contribution is 1.19. The molecule has 50 heavy (non-hydrogen) atoms. The summed E-state index contributed by atoms with van der Waals surface area (Å²) in [5.41, 5.74) is 9.39. The number of benzene rings is 9. The predicted octanol–water partition coefficient (Wildman–Crippen LogP) is 13.4. The fourth-order valence-corrected chi connectivity index (χ4v) is 7.87. The van der Waals surface area contributed by atoms with Crippen LogP contribution in [-0.2, 0) is 0 Å². The van der Waals surface area contributed by atoms with E-state index in [-0.39, 0.29) is 0 Å². The van der Waals surface area contributed by atoms with Crippen LogP contribution in [0.4, 0.5) is 17.1 Å². The van der Waals surface area contributed by atoms with Gasteiger partial charge in [0.25, 0.3) is 0 Å². The zero-order valence-corrected chi connectivity index (χ0v) is 27.4. The zero-order chi connectivity index (χ0) is 33.0. The number of fused-ring (bicyclic) bond motifs is 7. The van der Waals surface area contributed by atoms with Crippen molar-refractivity contribution in [1.82, 2.24) is 4.57 Å². The van der Waals surface area contributed by atoms with Gasteiger partial charge in [0.1, 0.15) is 0 Å². The Bertz CT molecular complexity index is 2880. The summed E-state index contributed by atoms with van der Waals surface area (Å²) in [5, 5.41) is 9.90. The molecule has 0 radical (unpaired) electrons. The summed E-state index contributed by atoms with van der Waals surface area (Å²) in [7, 11) is 0. The second-order valence-corrected chi connectivity index (χ2v) is 13.0. The van der Waals surface area contributed by atoms with Crippen LogP contribution in [0.2, 0.25) is 0 Å². The van der Waals surface area contributed by atoms with Gasteiger partial charge in [-0.05, 0) is 81.2 Å². The largest absolute Gasteiger partial charge is 0.310 e. The van der Waals surface area contributed by atoms with Gasteiger partial charge in [-0.15, -0.1) is 0 Å². The molecule has 0 spiro atoms. The smallest absolute Gasteiger partial charge is 0.0619 e. The zero-order valence-electron chi connectivity index (χ0n) is 27.4. The summed E-state index contributed by atoms with van der Waals surface area (Å²) >= 11 is 0. The first kappa shape index (κ1) is 28.4. The van der Waals surface area contributed by atoms with Gasteiger partial charge in [-0.1, -0.05) is 146 Å². The van der Waals surface area contributed by atoms with Crippen LogP contribution in [0, 0.1) is 0 Å². The van der Waals surface area contributed by atoms with Crippen molar-refractivity contribution in [1.29, 1.82) is 0 Å². The molecule has 2 nitrogen and oxygen atoms in total. The lowest BCUT2D eigenvalue weighted by atomic mass is 9.97. The molecule has 2 heteroatoms. The van der Waals surface area contributed by atoms with E-state index in [0.29, 0.717) is 0 Å². The van der Waals surface area contributed by atoms with E-state index in [1.165, 1.54) is 65.3 Å². The van der Waals surface area contributed by atoms with Crippen LogP contribution in [0.1, 0.15) is 0 Å². The molecule has 0 amide bonds. The Kier molecular flexibility index (Phi) is 6.53. The van der Waals surface area contributed by atoms with E-state index in [0.717, 1.165) is 22.7 Å². The standard InChI is InChI=1S/C48H32N2/c1-2-19-38(20-3-1)50-46-26-12-24-42(47(46)44-30-28-35-15-7-9-23-43(35)48(44)50)37-18-10-21-39(32-37)49(40-29-27-33-13-4-5-16-36(33)31-40)45-25-11-17-34-14-6-8-22-41(34)45/h1-32H. The molecule has 0 saturated heterocycles. The van der Waals surface area contributed by atoms with Crippen LogP contribution >= 0.6 is 0 Å². The minimum atomic E-state index is 1.11. The van der Waals surface area contributed by atoms with Gasteiger partial charge in [0.05, 0.1) is 16.7 Å². The van der Waals surface area contributed by atoms with Crippen LogP contribution in [0.5, 0.6) is 0 Å². The first-order chi connectivity index (χ1) is 24.8. The molecule has 10 rings (SSSR count). The van der Waals surface area contributed by atoms with Crippen molar-refractivity contribution in [2.75, 3.05) is 4.90 Å². The molecule has 0 bridgehead atoms. The molecule has 0 saturated carbocycles. The Morgan fingerprint density at radius 3 is 1.88 bits per heavy atom. The summed E-state index contributed by atoms with van der Waals surface area (Å²) in [6.45, 7) is 0. The van der Waals surface area contributed by atoms with Crippen molar-refractivity contribution in [3.63, 3.8) is 0 Å². The molecular formula is C48H32N2. The van der Waals surface area contributed by atoms with Crippen molar-refractivity contribution in [3.8, 4) is 16.8 Å². The van der Waals surface area contributed by atoms with Gasteiger partial charge in [-0.3, -0.25) is 0 Å². The highest BCUT2D eigenvalue weighted by molar-refractivity contribution is 6.22. The third-order valence-electron chi connectivity index (χ3n) is 10.1. The molecule has 0 fully saturated rings. The molecule has 0 atom stereocenters. The average molecular weight is 637 g/mol. The van der Waals surface area contributed by atoms with Crippen molar-refractivity contribution in [2.24, 2.45) is 0 Å². The first-order valence-electron chi connectivity index (χ1n) is 17.2. The SMILES string of the molecule is c1ccc(-n2c3cccc(-c4cccc(N(c5ccc6ccccc6c5)c5cccc6ccccc56)c4)c3c3ccc4ccccc4c32)cc1. The Morgan fingerprint density at radius 2 is 1.02 bits per heavy atom. The van der Waals surface area contributed by atoms with Crippen molar-refractivity contribution < 1.29 is 0 Å². The molecule has 0 aliphatic heterocycles. The van der Waals surface area contributed by atoms with E-state index in [1.807, 2.05) is 0 Å². The minimum Gasteiger partial charge on any atom is -0.310 e. The molecule has 234 valence electrons. The lowest BCUT2D eigenvalue weighted by Gasteiger charge is -2.27. The molecule has 9 aromatic carbocycles. The Balaban J connectivity index is 1.24. The number of rotatable bonds is 5. The monoisotopic (exact) mass is 636 g/mol. The Labute approximate surface area is 290 Å². The highest BCUT2D eigenvalue weighted by Gasteiger charge is 2.20. The van der Waals surface area contributed by atoms with E-state index in [1.54, 1.807) is 0 Å². The maximum absolute atomic E-state index is 2.44. The minimum absolute atomic E-state index is 1.11. The van der Waals surface area contributed by atoms with Gasteiger partial charge in [0.15, 0.2) is 0 Å². The second-order valence-electron chi connectivity index (χ2n) is 13.0. The van der Waals surface area contributed by atoms with Crippen molar-refractivity contribution in [3.05, 3.63) is 194 Å². The molecular weight excluding hydrogens is 605 g/mol. The fourth-order valence-electron chi connectivity index (χ4n) is 7.87. The van der Waals surface area contributed by atoms with Crippen molar-refractivity contribution in [2.45, 2.75) is 0 Å². The number of aromatic nitrogens is 1. The topological polar surface area (TPSA) is 8.17 Å². The highest BCUT2D eigenvalue weighted by Crippen LogP contribution is 2.44. The third-order valence-corrected chi connectivity index (χ3v) is 10.1. The molecule has 0 aliphatic carbocycles. The Hall–Kier alpha value is -6.64. The van der Waals surface area contributed by atoms with Gasteiger partial charge in [0, 0.05) is 38.6 Å². The molecule has 0 aliphatic rings. The van der Waals surface area contributed by atoms with E-state index >= 15 is 0 Å². The number of hydrogen-bond donors (Lipinski definition) is 0. The van der Waals surface area contributed by atoms with Gasteiger partial charge in [-0.25, -0.2) is 0 Å². The highest BCUT2D eigenvalue weighted by atomic mass is 15.1. The van der Waals surface area contributed by atoms with Gasteiger partial charge in [-0.2, -0.15) is 0 Å². The van der Waals surface area contributed by atoms with Crippen LogP contribution in [0.25, 0.3) is 70.9 Å². The molecule has 1 heterocycles. The van der Waals surface area contributed by atoms with E-state index < -0.39 is 0 Å². The Morgan fingerprint density at radius 1 is 0.380 bits per heavy atom. The maximum atomic E-state index is 2.44. The van der Waals surface area contributed by atoms with Crippen LogP contribution in [-0.4, -0.2) is 4.57 Å². The normalized spacial score (nSPS) is 11.6. The maximum Gasteiger partial charge on any atom is 0.0619 e. The average Bonchev–Trinajstić information content (AvgIpc) is 3.54. The van der Waals surface area contributed by atoms with E-state index in [2.05, 4.69) is 204 Å². The molecule has 10 aromatic rings.